The van der Waals surface area contributed by atoms with E-state index in [0.29, 0.717) is 13.1 Å². The van der Waals surface area contributed by atoms with Crippen LogP contribution in [0.3, 0.4) is 0 Å². The molecule has 6 heteroatoms. The van der Waals surface area contributed by atoms with Gasteiger partial charge in [0, 0.05) is 46.7 Å². The van der Waals surface area contributed by atoms with Gasteiger partial charge in [-0.3, -0.25) is 0 Å². The number of aryl methyl sites for hydroxylation is 1. The van der Waals surface area contributed by atoms with Crippen molar-refractivity contribution in [3.05, 3.63) is 46.4 Å². The molecule has 3 aromatic rings. The first-order valence-electron chi connectivity index (χ1n) is 9.52. The van der Waals surface area contributed by atoms with E-state index in [1.165, 1.54) is 16.5 Å². The number of hydrogen-bond acceptors (Lipinski definition) is 4. The van der Waals surface area contributed by atoms with Gasteiger partial charge in [-0.25, -0.2) is 9.78 Å². The summed E-state index contributed by atoms with van der Waals surface area (Å²) in [6.45, 7) is 8.93. The highest BCUT2D eigenvalue weighted by atomic mass is 32.1. The number of carbonyl (C=O) groups excluding carboxylic acids is 1. The number of H-pyrrole nitrogens is 1. The number of amides is 1. The molecule has 0 radical (unpaired) electrons. The van der Waals surface area contributed by atoms with Gasteiger partial charge in [0.05, 0.1) is 10.7 Å². The fraction of sp³-hybridized carbons (Fsp3) is 0.364. The fourth-order valence-electron chi connectivity index (χ4n) is 3.54. The zero-order valence-corrected chi connectivity index (χ0v) is 17.5. The van der Waals surface area contributed by atoms with Crippen LogP contribution in [0.2, 0.25) is 0 Å². The monoisotopic (exact) mass is 395 g/mol. The molecule has 0 fully saturated rings. The zero-order valence-electron chi connectivity index (χ0n) is 16.7. The first-order valence-corrected chi connectivity index (χ1v) is 10.4. The maximum absolute atomic E-state index is 12.3. The van der Waals surface area contributed by atoms with E-state index < -0.39 is 5.60 Å². The van der Waals surface area contributed by atoms with Gasteiger partial charge in [-0.2, -0.15) is 0 Å². The minimum absolute atomic E-state index is 0.250. The van der Waals surface area contributed by atoms with E-state index in [-0.39, 0.29) is 6.09 Å². The van der Waals surface area contributed by atoms with Crippen LogP contribution in [0, 0.1) is 6.92 Å². The predicted octanol–water partition coefficient (Wildman–Crippen LogP) is 5.62. The van der Waals surface area contributed by atoms with E-state index in [4.69, 9.17) is 4.74 Å². The number of nitrogens with zero attached hydrogens (tertiary/aromatic N) is 2. The number of fused-ring (bicyclic) bond motifs is 1. The van der Waals surface area contributed by atoms with Crippen LogP contribution in [0.15, 0.2) is 35.9 Å². The van der Waals surface area contributed by atoms with E-state index in [0.717, 1.165) is 28.2 Å². The van der Waals surface area contributed by atoms with Crippen molar-refractivity contribution in [2.75, 3.05) is 13.1 Å². The molecule has 1 N–H and O–H groups in total. The molecule has 0 bridgehead atoms. The van der Waals surface area contributed by atoms with Crippen molar-refractivity contribution < 1.29 is 9.53 Å². The predicted molar refractivity (Wildman–Crippen MR) is 115 cm³/mol. The van der Waals surface area contributed by atoms with Gasteiger partial charge in [-0.1, -0.05) is 18.2 Å². The average molecular weight is 396 g/mol. The van der Waals surface area contributed by atoms with Crippen molar-refractivity contribution in [2.45, 2.75) is 39.7 Å². The Kier molecular flexibility index (Phi) is 4.75. The molecule has 0 saturated heterocycles. The molecule has 5 nitrogen and oxygen atoms in total. The molecular formula is C22H25N3O2S. The van der Waals surface area contributed by atoms with Crippen LogP contribution in [0.5, 0.6) is 0 Å². The molecule has 0 atom stereocenters. The highest BCUT2D eigenvalue weighted by Gasteiger charge is 2.25. The van der Waals surface area contributed by atoms with E-state index in [1.807, 2.05) is 27.7 Å². The number of ether oxygens (including phenoxy) is 1. The van der Waals surface area contributed by atoms with Crippen LogP contribution < -0.4 is 0 Å². The minimum atomic E-state index is -0.474. The van der Waals surface area contributed by atoms with Gasteiger partial charge in [0.1, 0.15) is 5.60 Å². The first-order chi connectivity index (χ1) is 13.3. The quantitative estimate of drug-likeness (QED) is 0.612. The number of aromatic amines is 1. The van der Waals surface area contributed by atoms with Crippen molar-refractivity contribution >= 4 is 33.9 Å². The lowest BCUT2D eigenvalue weighted by Gasteiger charge is -2.29. The number of benzene rings is 1. The lowest BCUT2D eigenvalue weighted by atomic mass is 9.95. The van der Waals surface area contributed by atoms with E-state index >= 15 is 0 Å². The second-order valence-electron chi connectivity index (χ2n) is 8.09. The molecule has 1 aromatic carbocycles. The van der Waals surface area contributed by atoms with Gasteiger partial charge in [0.25, 0.3) is 0 Å². The SMILES string of the molecule is Cc1nc(-c2cccc3[nH]cc(C4=CCN(C(=O)OC(C)(C)C)CC4)c23)cs1. The van der Waals surface area contributed by atoms with Crippen molar-refractivity contribution in [2.24, 2.45) is 0 Å². The molecule has 1 aliphatic heterocycles. The molecule has 1 aliphatic rings. The summed E-state index contributed by atoms with van der Waals surface area (Å²) in [4.78, 5) is 22.2. The fourth-order valence-corrected chi connectivity index (χ4v) is 4.16. The van der Waals surface area contributed by atoms with Gasteiger partial charge in [-0.05, 0) is 45.8 Å². The lowest BCUT2D eigenvalue weighted by Crippen LogP contribution is -2.39. The van der Waals surface area contributed by atoms with E-state index in [2.05, 4.69) is 45.8 Å². The Hall–Kier alpha value is -2.60. The number of rotatable bonds is 2. The highest BCUT2D eigenvalue weighted by molar-refractivity contribution is 7.09. The second kappa shape index (κ2) is 7.09. The molecule has 146 valence electrons. The van der Waals surface area contributed by atoms with Gasteiger partial charge >= 0.3 is 6.09 Å². The summed E-state index contributed by atoms with van der Waals surface area (Å²) in [5.41, 5.74) is 5.24. The molecule has 4 rings (SSSR count). The van der Waals surface area contributed by atoms with E-state index in [1.54, 1.807) is 16.2 Å². The maximum atomic E-state index is 12.3. The maximum Gasteiger partial charge on any atom is 0.410 e. The minimum Gasteiger partial charge on any atom is -0.444 e. The summed E-state index contributed by atoms with van der Waals surface area (Å²) in [6, 6.07) is 6.29. The van der Waals surface area contributed by atoms with Gasteiger partial charge in [0.2, 0.25) is 0 Å². The largest absolute Gasteiger partial charge is 0.444 e. The topological polar surface area (TPSA) is 58.2 Å². The van der Waals surface area contributed by atoms with Gasteiger partial charge in [0.15, 0.2) is 0 Å². The van der Waals surface area contributed by atoms with Crippen molar-refractivity contribution in [1.29, 1.82) is 0 Å². The van der Waals surface area contributed by atoms with Crippen LogP contribution in [-0.4, -0.2) is 39.7 Å². The Bertz CT molecular complexity index is 1060. The summed E-state index contributed by atoms with van der Waals surface area (Å²) in [6.07, 6.45) is 4.76. The summed E-state index contributed by atoms with van der Waals surface area (Å²) >= 11 is 1.67. The number of aromatic nitrogens is 2. The molecular weight excluding hydrogens is 370 g/mol. The van der Waals surface area contributed by atoms with Crippen molar-refractivity contribution in [1.82, 2.24) is 14.9 Å². The Morgan fingerprint density at radius 3 is 2.75 bits per heavy atom. The Morgan fingerprint density at radius 2 is 2.11 bits per heavy atom. The molecule has 0 aliphatic carbocycles. The standard InChI is InChI=1S/C22H25N3O2S/c1-14-24-19(13-28-14)16-6-5-7-18-20(16)17(12-23-18)15-8-10-25(11-9-15)21(26)27-22(2,3)4/h5-8,12-13,23H,9-11H2,1-4H3. The molecule has 0 spiro atoms. The van der Waals surface area contributed by atoms with Crippen molar-refractivity contribution in [3.63, 3.8) is 0 Å². The van der Waals surface area contributed by atoms with Crippen LogP contribution >= 0.6 is 11.3 Å². The number of carbonyl (C=O) groups is 1. The molecule has 3 heterocycles. The number of thiazole rings is 1. The average Bonchev–Trinajstić information content (AvgIpc) is 3.26. The Labute approximate surface area is 169 Å². The van der Waals surface area contributed by atoms with Gasteiger partial charge in [-0.15, -0.1) is 11.3 Å². The van der Waals surface area contributed by atoms with Crippen LogP contribution in [-0.2, 0) is 4.74 Å². The van der Waals surface area contributed by atoms with Crippen LogP contribution in [0.4, 0.5) is 4.79 Å². The smallest absolute Gasteiger partial charge is 0.410 e. The Morgan fingerprint density at radius 1 is 1.29 bits per heavy atom. The lowest BCUT2D eigenvalue weighted by molar-refractivity contribution is 0.0270. The number of hydrogen-bond donors (Lipinski definition) is 1. The molecule has 28 heavy (non-hydrogen) atoms. The van der Waals surface area contributed by atoms with Crippen LogP contribution in [0.1, 0.15) is 37.8 Å². The first kappa shape index (κ1) is 18.7. The van der Waals surface area contributed by atoms with Crippen molar-refractivity contribution in [3.8, 4) is 11.3 Å². The summed E-state index contributed by atoms with van der Waals surface area (Å²) in [5, 5.41) is 4.37. The molecule has 0 unspecified atom stereocenters. The summed E-state index contributed by atoms with van der Waals surface area (Å²) in [7, 11) is 0. The third-order valence-corrected chi connectivity index (χ3v) is 5.58. The number of nitrogens with one attached hydrogen (secondary N) is 1. The third kappa shape index (κ3) is 3.69. The summed E-state index contributed by atoms with van der Waals surface area (Å²) in [5.74, 6) is 0. The molecule has 1 amide bonds. The normalized spacial score (nSPS) is 15.0. The second-order valence-corrected chi connectivity index (χ2v) is 9.15. The van der Waals surface area contributed by atoms with Gasteiger partial charge < -0.3 is 14.6 Å². The zero-order chi connectivity index (χ0) is 19.9. The Balaban J connectivity index is 1.65. The molecule has 0 saturated carbocycles. The van der Waals surface area contributed by atoms with E-state index in [9.17, 15) is 4.79 Å². The summed E-state index contributed by atoms with van der Waals surface area (Å²) < 4.78 is 5.50. The third-order valence-electron chi connectivity index (χ3n) is 4.81. The highest BCUT2D eigenvalue weighted by Crippen LogP contribution is 2.36. The van der Waals surface area contributed by atoms with Crippen LogP contribution in [0.25, 0.3) is 27.7 Å². The molecule has 2 aromatic heterocycles.